The SMILES string of the molecule is CCC(C)NC(=NC)NCc1ccc(Oc2ccc(F)cc2)nc1. The summed E-state index contributed by atoms with van der Waals surface area (Å²) in [5.74, 6) is 1.48. The van der Waals surface area contributed by atoms with Crippen LogP contribution in [0.5, 0.6) is 11.6 Å². The van der Waals surface area contributed by atoms with Crippen LogP contribution >= 0.6 is 0 Å². The van der Waals surface area contributed by atoms with Gasteiger partial charge >= 0.3 is 0 Å². The van der Waals surface area contributed by atoms with Crippen LogP contribution in [0.15, 0.2) is 47.6 Å². The van der Waals surface area contributed by atoms with Crippen molar-refractivity contribution in [3.63, 3.8) is 0 Å². The van der Waals surface area contributed by atoms with Crippen LogP contribution < -0.4 is 15.4 Å². The summed E-state index contributed by atoms with van der Waals surface area (Å²) in [7, 11) is 1.75. The van der Waals surface area contributed by atoms with Crippen LogP contribution in [0.2, 0.25) is 0 Å². The van der Waals surface area contributed by atoms with Gasteiger partial charge in [-0.2, -0.15) is 0 Å². The molecule has 1 heterocycles. The molecular weight excluding hydrogens is 307 g/mol. The van der Waals surface area contributed by atoms with Crippen LogP contribution in [-0.4, -0.2) is 24.0 Å². The Morgan fingerprint density at radius 3 is 2.58 bits per heavy atom. The first-order valence-corrected chi connectivity index (χ1v) is 7.96. The molecule has 2 aromatic rings. The Morgan fingerprint density at radius 2 is 2.00 bits per heavy atom. The summed E-state index contributed by atoms with van der Waals surface area (Å²) in [5, 5.41) is 6.54. The van der Waals surface area contributed by atoms with Gasteiger partial charge in [0.1, 0.15) is 11.6 Å². The normalized spacial score (nSPS) is 12.6. The summed E-state index contributed by atoms with van der Waals surface area (Å²) in [6.45, 7) is 4.84. The van der Waals surface area contributed by atoms with Crippen molar-refractivity contribution in [3.8, 4) is 11.6 Å². The third-order valence-corrected chi connectivity index (χ3v) is 3.51. The number of halogens is 1. The Morgan fingerprint density at radius 1 is 1.25 bits per heavy atom. The van der Waals surface area contributed by atoms with Crippen molar-refractivity contribution in [1.29, 1.82) is 0 Å². The molecule has 2 N–H and O–H groups in total. The van der Waals surface area contributed by atoms with Crippen LogP contribution in [0.4, 0.5) is 4.39 Å². The summed E-state index contributed by atoms with van der Waals surface area (Å²) in [6.07, 6.45) is 2.76. The predicted octanol–water partition coefficient (Wildman–Crippen LogP) is 3.48. The number of ether oxygens (including phenoxy) is 1. The molecule has 0 bridgehead atoms. The maximum atomic E-state index is 12.9. The molecule has 0 aliphatic carbocycles. The van der Waals surface area contributed by atoms with E-state index in [1.807, 2.05) is 6.07 Å². The maximum absolute atomic E-state index is 12.9. The van der Waals surface area contributed by atoms with Crippen molar-refractivity contribution in [2.45, 2.75) is 32.9 Å². The van der Waals surface area contributed by atoms with Crippen LogP contribution in [0.1, 0.15) is 25.8 Å². The van der Waals surface area contributed by atoms with E-state index in [-0.39, 0.29) is 5.82 Å². The minimum atomic E-state index is -0.295. The second-order valence-electron chi connectivity index (χ2n) is 5.44. The van der Waals surface area contributed by atoms with Gasteiger partial charge in [-0.1, -0.05) is 13.0 Å². The summed E-state index contributed by atoms with van der Waals surface area (Å²) < 4.78 is 18.4. The Kier molecular flexibility index (Phi) is 6.54. The topological polar surface area (TPSA) is 58.5 Å². The molecule has 24 heavy (non-hydrogen) atoms. The molecule has 2 rings (SSSR count). The van der Waals surface area contributed by atoms with Crippen LogP contribution in [0.3, 0.4) is 0 Å². The number of hydrogen-bond donors (Lipinski definition) is 2. The lowest BCUT2D eigenvalue weighted by Crippen LogP contribution is -2.41. The fourth-order valence-electron chi connectivity index (χ4n) is 1.92. The zero-order chi connectivity index (χ0) is 17.4. The molecule has 0 aliphatic heterocycles. The quantitative estimate of drug-likeness (QED) is 0.629. The number of guanidine groups is 1. The molecule has 0 amide bonds. The van der Waals surface area contributed by atoms with Gasteiger partial charge in [-0.3, -0.25) is 4.99 Å². The van der Waals surface area contributed by atoms with E-state index in [1.54, 1.807) is 31.4 Å². The van der Waals surface area contributed by atoms with Gasteiger partial charge in [0.15, 0.2) is 5.96 Å². The van der Waals surface area contributed by atoms with Gasteiger partial charge in [0.25, 0.3) is 0 Å². The van der Waals surface area contributed by atoms with Crippen molar-refractivity contribution < 1.29 is 9.13 Å². The smallest absolute Gasteiger partial charge is 0.219 e. The van der Waals surface area contributed by atoms with E-state index < -0.39 is 0 Å². The number of hydrogen-bond acceptors (Lipinski definition) is 3. The average Bonchev–Trinajstić information content (AvgIpc) is 2.61. The lowest BCUT2D eigenvalue weighted by atomic mass is 10.2. The molecule has 5 nitrogen and oxygen atoms in total. The molecule has 0 saturated carbocycles. The average molecular weight is 330 g/mol. The lowest BCUT2D eigenvalue weighted by molar-refractivity contribution is 0.461. The monoisotopic (exact) mass is 330 g/mol. The number of aliphatic imine (C=N–C) groups is 1. The highest BCUT2D eigenvalue weighted by atomic mass is 19.1. The zero-order valence-corrected chi connectivity index (χ0v) is 14.2. The lowest BCUT2D eigenvalue weighted by Gasteiger charge is -2.16. The second-order valence-corrected chi connectivity index (χ2v) is 5.44. The van der Waals surface area contributed by atoms with E-state index in [2.05, 4.69) is 34.5 Å². The van der Waals surface area contributed by atoms with Crippen molar-refractivity contribution in [2.75, 3.05) is 7.05 Å². The number of rotatable bonds is 6. The van der Waals surface area contributed by atoms with Gasteiger partial charge in [-0.05, 0) is 43.2 Å². The molecule has 1 aromatic heterocycles. The van der Waals surface area contributed by atoms with Crippen molar-refractivity contribution in [1.82, 2.24) is 15.6 Å². The number of aromatic nitrogens is 1. The van der Waals surface area contributed by atoms with Gasteiger partial charge in [0.2, 0.25) is 5.88 Å². The second kappa shape index (κ2) is 8.86. The molecule has 0 fully saturated rings. The fourth-order valence-corrected chi connectivity index (χ4v) is 1.92. The summed E-state index contributed by atoms with van der Waals surface area (Å²) in [5.41, 5.74) is 1.01. The summed E-state index contributed by atoms with van der Waals surface area (Å²) in [6, 6.07) is 9.91. The molecule has 6 heteroatoms. The highest BCUT2D eigenvalue weighted by Gasteiger charge is 2.04. The molecule has 0 aliphatic rings. The third-order valence-electron chi connectivity index (χ3n) is 3.51. The van der Waals surface area contributed by atoms with E-state index in [0.29, 0.717) is 24.2 Å². The van der Waals surface area contributed by atoms with Crippen LogP contribution in [0.25, 0.3) is 0 Å². The summed E-state index contributed by atoms with van der Waals surface area (Å²) >= 11 is 0. The van der Waals surface area contributed by atoms with Gasteiger partial charge in [0, 0.05) is 31.9 Å². The molecule has 1 atom stereocenters. The Balaban J connectivity index is 1.88. The minimum absolute atomic E-state index is 0.295. The highest BCUT2D eigenvalue weighted by molar-refractivity contribution is 5.79. The number of nitrogens with zero attached hydrogens (tertiary/aromatic N) is 2. The predicted molar refractivity (Wildman–Crippen MR) is 93.8 cm³/mol. The van der Waals surface area contributed by atoms with Crippen LogP contribution in [-0.2, 0) is 6.54 Å². The summed E-state index contributed by atoms with van der Waals surface area (Å²) in [4.78, 5) is 8.45. The van der Waals surface area contributed by atoms with Crippen LogP contribution in [0, 0.1) is 5.82 Å². The maximum Gasteiger partial charge on any atom is 0.219 e. The molecule has 1 unspecified atom stereocenters. The standard InChI is InChI=1S/C18H23FN4O/c1-4-13(2)23-18(20-3)22-12-14-5-10-17(21-11-14)24-16-8-6-15(19)7-9-16/h5-11,13H,4,12H2,1-3H3,(H2,20,22,23). The number of nitrogens with one attached hydrogen (secondary N) is 2. The van der Waals surface area contributed by atoms with E-state index in [4.69, 9.17) is 4.74 Å². The van der Waals surface area contributed by atoms with Crippen molar-refractivity contribution in [2.24, 2.45) is 4.99 Å². The van der Waals surface area contributed by atoms with E-state index >= 15 is 0 Å². The first-order chi connectivity index (χ1) is 11.6. The molecule has 0 spiro atoms. The largest absolute Gasteiger partial charge is 0.439 e. The number of benzene rings is 1. The van der Waals surface area contributed by atoms with Gasteiger partial charge < -0.3 is 15.4 Å². The Hall–Kier alpha value is -2.63. The molecule has 128 valence electrons. The minimum Gasteiger partial charge on any atom is -0.439 e. The highest BCUT2D eigenvalue weighted by Crippen LogP contribution is 2.19. The van der Waals surface area contributed by atoms with Gasteiger partial charge in [-0.25, -0.2) is 9.37 Å². The van der Waals surface area contributed by atoms with E-state index in [9.17, 15) is 4.39 Å². The molecule has 1 aromatic carbocycles. The number of pyridine rings is 1. The molecular formula is C18H23FN4O. The van der Waals surface area contributed by atoms with Gasteiger partial charge in [0.05, 0.1) is 0 Å². The first kappa shape index (κ1) is 17.7. The first-order valence-electron chi connectivity index (χ1n) is 7.96. The van der Waals surface area contributed by atoms with E-state index in [1.165, 1.54) is 12.1 Å². The fraction of sp³-hybridized carbons (Fsp3) is 0.333. The van der Waals surface area contributed by atoms with Crippen molar-refractivity contribution >= 4 is 5.96 Å². The van der Waals surface area contributed by atoms with E-state index in [0.717, 1.165) is 17.9 Å². The molecule has 0 radical (unpaired) electrons. The zero-order valence-electron chi connectivity index (χ0n) is 14.2. The Labute approximate surface area is 142 Å². The third kappa shape index (κ3) is 5.53. The van der Waals surface area contributed by atoms with Crippen molar-refractivity contribution in [3.05, 3.63) is 54.0 Å². The molecule has 0 saturated heterocycles. The van der Waals surface area contributed by atoms with Gasteiger partial charge in [-0.15, -0.1) is 0 Å². The Bertz CT molecular complexity index is 656.